The summed E-state index contributed by atoms with van der Waals surface area (Å²) in [6, 6.07) is 4.46. The maximum atomic E-state index is 5.82. The second-order valence-electron chi connectivity index (χ2n) is 3.65. The molecule has 14 heavy (non-hydrogen) atoms. The molecule has 1 aliphatic heterocycles. The molecule has 0 radical (unpaired) electrons. The number of hydrogen-bond acceptors (Lipinski definition) is 3. The molecular weight excluding hydrogens is 198 g/mol. The highest BCUT2D eigenvalue weighted by Crippen LogP contribution is 2.10. The number of likely N-dealkylation sites (tertiary alicyclic amines) is 1. The van der Waals surface area contributed by atoms with Crippen LogP contribution in [0.2, 0.25) is 0 Å². The lowest BCUT2D eigenvalue weighted by molar-refractivity contribution is 0.326. The Hall–Kier alpha value is -0.640. The van der Waals surface area contributed by atoms with Crippen molar-refractivity contribution in [1.82, 2.24) is 9.88 Å². The monoisotopic (exact) mass is 213 g/mol. The second kappa shape index (κ2) is 5.29. The topological polar surface area (TPSA) is 42.1 Å². The molecule has 2 heterocycles. The fourth-order valence-corrected chi connectivity index (χ4v) is 1.76. The Morgan fingerprint density at radius 2 is 2.43 bits per heavy atom. The molecule has 0 spiro atoms. The standard InChI is InChI=1S/C10H15N3.ClH/c11-10-3-5-13(8-10)7-9-2-1-4-12-6-9;/h1-2,4,6,10H,3,5,7-8,11H2;1H/t10-;/m0./s1. The zero-order valence-electron chi connectivity index (χ0n) is 8.10. The molecule has 1 atom stereocenters. The number of nitrogens with two attached hydrogens (primary N) is 1. The van der Waals surface area contributed by atoms with Gasteiger partial charge in [0.25, 0.3) is 0 Å². The first-order valence-electron chi connectivity index (χ1n) is 4.71. The van der Waals surface area contributed by atoms with E-state index in [0.717, 1.165) is 26.1 Å². The summed E-state index contributed by atoms with van der Waals surface area (Å²) in [7, 11) is 0. The van der Waals surface area contributed by atoms with Gasteiger partial charge in [-0.3, -0.25) is 9.88 Å². The lowest BCUT2D eigenvalue weighted by Crippen LogP contribution is -2.26. The molecule has 0 amide bonds. The molecule has 4 heteroatoms. The molecule has 2 N–H and O–H groups in total. The molecule has 3 nitrogen and oxygen atoms in total. The molecule has 1 fully saturated rings. The lowest BCUT2D eigenvalue weighted by atomic mass is 10.3. The maximum absolute atomic E-state index is 5.82. The number of nitrogens with zero attached hydrogens (tertiary/aromatic N) is 2. The van der Waals surface area contributed by atoms with Crippen LogP contribution in [-0.2, 0) is 6.54 Å². The van der Waals surface area contributed by atoms with Crippen LogP contribution in [0.25, 0.3) is 0 Å². The Morgan fingerprint density at radius 3 is 3.00 bits per heavy atom. The van der Waals surface area contributed by atoms with E-state index in [0.29, 0.717) is 6.04 Å². The molecule has 2 rings (SSSR count). The van der Waals surface area contributed by atoms with Crippen LogP contribution in [-0.4, -0.2) is 29.0 Å². The van der Waals surface area contributed by atoms with Gasteiger partial charge in [-0.05, 0) is 18.1 Å². The van der Waals surface area contributed by atoms with Crippen LogP contribution in [0.5, 0.6) is 0 Å². The van der Waals surface area contributed by atoms with Gasteiger partial charge in [-0.15, -0.1) is 12.4 Å². The molecule has 0 aliphatic carbocycles. The average Bonchev–Trinajstić information content (AvgIpc) is 2.53. The predicted octanol–water partition coefficient (Wildman–Crippen LogP) is 1.04. The molecule has 1 aliphatic rings. The van der Waals surface area contributed by atoms with E-state index in [1.807, 2.05) is 12.3 Å². The van der Waals surface area contributed by atoms with Crippen LogP contribution in [0, 0.1) is 0 Å². The van der Waals surface area contributed by atoms with Gasteiger partial charge in [0.05, 0.1) is 0 Å². The van der Waals surface area contributed by atoms with Gasteiger partial charge < -0.3 is 5.73 Å². The largest absolute Gasteiger partial charge is 0.326 e. The lowest BCUT2D eigenvalue weighted by Gasteiger charge is -2.14. The first-order chi connectivity index (χ1) is 6.34. The summed E-state index contributed by atoms with van der Waals surface area (Å²) in [6.07, 6.45) is 4.85. The van der Waals surface area contributed by atoms with Gasteiger partial charge in [0.15, 0.2) is 0 Å². The second-order valence-corrected chi connectivity index (χ2v) is 3.65. The normalized spacial score (nSPS) is 21.9. The van der Waals surface area contributed by atoms with Crippen molar-refractivity contribution in [2.24, 2.45) is 5.73 Å². The number of rotatable bonds is 2. The Morgan fingerprint density at radius 1 is 1.57 bits per heavy atom. The van der Waals surface area contributed by atoms with Crippen molar-refractivity contribution in [1.29, 1.82) is 0 Å². The van der Waals surface area contributed by atoms with Crippen molar-refractivity contribution in [2.45, 2.75) is 19.0 Å². The van der Waals surface area contributed by atoms with E-state index in [9.17, 15) is 0 Å². The van der Waals surface area contributed by atoms with E-state index in [2.05, 4.69) is 16.0 Å². The summed E-state index contributed by atoms with van der Waals surface area (Å²) in [6.45, 7) is 3.13. The van der Waals surface area contributed by atoms with E-state index in [4.69, 9.17) is 5.73 Å². The summed E-state index contributed by atoms with van der Waals surface area (Å²) in [5, 5.41) is 0. The van der Waals surface area contributed by atoms with Crippen LogP contribution < -0.4 is 5.73 Å². The number of pyridine rings is 1. The van der Waals surface area contributed by atoms with E-state index >= 15 is 0 Å². The predicted molar refractivity (Wildman–Crippen MR) is 59.4 cm³/mol. The van der Waals surface area contributed by atoms with Crippen molar-refractivity contribution >= 4 is 12.4 Å². The van der Waals surface area contributed by atoms with Gasteiger partial charge in [-0.25, -0.2) is 0 Å². The van der Waals surface area contributed by atoms with Gasteiger partial charge in [0, 0.05) is 38.1 Å². The third-order valence-electron chi connectivity index (χ3n) is 2.44. The van der Waals surface area contributed by atoms with E-state index in [1.54, 1.807) is 6.20 Å². The molecule has 78 valence electrons. The third-order valence-corrected chi connectivity index (χ3v) is 2.44. The summed E-state index contributed by atoms with van der Waals surface area (Å²) in [5.41, 5.74) is 7.10. The maximum Gasteiger partial charge on any atom is 0.0312 e. The minimum absolute atomic E-state index is 0. The molecule has 0 unspecified atom stereocenters. The molecule has 0 aromatic carbocycles. The van der Waals surface area contributed by atoms with Gasteiger partial charge in [-0.1, -0.05) is 6.07 Å². The summed E-state index contributed by atoms with van der Waals surface area (Å²) in [4.78, 5) is 6.46. The van der Waals surface area contributed by atoms with Crippen LogP contribution in [0.15, 0.2) is 24.5 Å². The molecule has 1 aromatic heterocycles. The number of aromatic nitrogens is 1. The third kappa shape index (κ3) is 2.94. The minimum atomic E-state index is 0. The highest BCUT2D eigenvalue weighted by Gasteiger charge is 2.18. The van der Waals surface area contributed by atoms with Crippen molar-refractivity contribution in [3.05, 3.63) is 30.1 Å². The van der Waals surface area contributed by atoms with Gasteiger partial charge >= 0.3 is 0 Å². The van der Waals surface area contributed by atoms with Crippen molar-refractivity contribution in [3.63, 3.8) is 0 Å². The van der Waals surface area contributed by atoms with E-state index in [1.165, 1.54) is 5.56 Å². The minimum Gasteiger partial charge on any atom is -0.326 e. The van der Waals surface area contributed by atoms with E-state index < -0.39 is 0 Å². The molecule has 0 bridgehead atoms. The van der Waals surface area contributed by atoms with Crippen molar-refractivity contribution in [2.75, 3.05) is 13.1 Å². The Labute approximate surface area is 90.7 Å². The fraction of sp³-hybridized carbons (Fsp3) is 0.500. The number of halogens is 1. The molecular formula is C10H16ClN3. The fourth-order valence-electron chi connectivity index (χ4n) is 1.76. The van der Waals surface area contributed by atoms with Crippen molar-refractivity contribution in [3.8, 4) is 0 Å². The Kier molecular flexibility index (Phi) is 4.32. The average molecular weight is 214 g/mol. The first-order valence-corrected chi connectivity index (χ1v) is 4.71. The SMILES string of the molecule is Cl.N[C@H]1CCN(Cc2cccnc2)C1. The van der Waals surface area contributed by atoms with E-state index in [-0.39, 0.29) is 12.4 Å². The van der Waals surface area contributed by atoms with Crippen LogP contribution >= 0.6 is 12.4 Å². The quantitative estimate of drug-likeness (QED) is 0.798. The van der Waals surface area contributed by atoms with Crippen LogP contribution in [0.3, 0.4) is 0 Å². The summed E-state index contributed by atoms with van der Waals surface area (Å²) >= 11 is 0. The van der Waals surface area contributed by atoms with Gasteiger partial charge in [0.1, 0.15) is 0 Å². The highest BCUT2D eigenvalue weighted by atomic mass is 35.5. The Bertz CT molecular complexity index is 265. The van der Waals surface area contributed by atoms with Gasteiger partial charge in [-0.2, -0.15) is 0 Å². The summed E-state index contributed by atoms with van der Waals surface area (Å²) in [5.74, 6) is 0. The molecule has 1 saturated heterocycles. The van der Waals surface area contributed by atoms with Gasteiger partial charge in [0.2, 0.25) is 0 Å². The zero-order valence-corrected chi connectivity index (χ0v) is 8.91. The molecule has 0 saturated carbocycles. The highest BCUT2D eigenvalue weighted by molar-refractivity contribution is 5.85. The smallest absolute Gasteiger partial charge is 0.0312 e. The van der Waals surface area contributed by atoms with Crippen LogP contribution in [0.4, 0.5) is 0 Å². The Balaban J connectivity index is 0.000000980. The zero-order chi connectivity index (χ0) is 9.10. The van der Waals surface area contributed by atoms with Crippen LogP contribution in [0.1, 0.15) is 12.0 Å². The number of hydrogen-bond donors (Lipinski definition) is 1. The first kappa shape index (κ1) is 11.4. The summed E-state index contributed by atoms with van der Waals surface area (Å²) < 4.78 is 0. The molecule has 1 aromatic rings. The van der Waals surface area contributed by atoms with Crippen molar-refractivity contribution < 1.29 is 0 Å².